The van der Waals surface area contributed by atoms with E-state index in [9.17, 15) is 0 Å². The van der Waals surface area contributed by atoms with E-state index in [1.165, 1.54) is 12.1 Å². The summed E-state index contributed by atoms with van der Waals surface area (Å²) in [5, 5.41) is 3.28. The first-order chi connectivity index (χ1) is 9.58. The number of benzene rings is 2. The third-order valence-electron chi connectivity index (χ3n) is 5.45. The Labute approximate surface area is 125 Å². The average Bonchev–Trinajstić information content (AvgIpc) is 2.54. The standard InChI is InChI=1S/C18H26Si2/c1-5-19(3,17-13-9-7-10-14-17)20(4,6-2)18-15-11-8-12-16-18/h7-16H,5-6H2,1-4H3/t19-,20+. The van der Waals surface area contributed by atoms with Crippen LogP contribution in [0.2, 0.25) is 25.2 Å². The second-order valence-corrected chi connectivity index (χ2v) is 20.6. The van der Waals surface area contributed by atoms with Crippen molar-refractivity contribution in [2.45, 2.75) is 39.0 Å². The molecule has 0 aliphatic rings. The molecule has 2 heteroatoms. The van der Waals surface area contributed by atoms with Crippen molar-refractivity contribution in [1.82, 2.24) is 0 Å². The van der Waals surface area contributed by atoms with Crippen LogP contribution in [0.15, 0.2) is 60.7 Å². The lowest BCUT2D eigenvalue weighted by Crippen LogP contribution is -2.71. The topological polar surface area (TPSA) is 0 Å². The lowest BCUT2D eigenvalue weighted by Gasteiger charge is -2.43. The first kappa shape index (κ1) is 15.3. The summed E-state index contributed by atoms with van der Waals surface area (Å²) in [7, 11) is -2.91. The van der Waals surface area contributed by atoms with Crippen LogP contribution in [0.4, 0.5) is 0 Å². The third kappa shape index (κ3) is 2.42. The summed E-state index contributed by atoms with van der Waals surface area (Å²) in [4.78, 5) is 0. The van der Waals surface area contributed by atoms with E-state index in [0.717, 1.165) is 0 Å². The van der Waals surface area contributed by atoms with Gasteiger partial charge in [0, 0.05) is 0 Å². The Morgan fingerprint density at radius 1 is 0.600 bits per heavy atom. The summed E-state index contributed by atoms with van der Waals surface area (Å²) in [6, 6.07) is 25.3. The summed E-state index contributed by atoms with van der Waals surface area (Å²) in [5.74, 6) is 0. The van der Waals surface area contributed by atoms with Crippen LogP contribution in [-0.2, 0) is 0 Å². The van der Waals surface area contributed by atoms with Gasteiger partial charge in [0.1, 0.15) is 0 Å². The fourth-order valence-electron chi connectivity index (χ4n) is 3.44. The zero-order valence-corrected chi connectivity index (χ0v) is 15.2. The molecule has 0 unspecified atom stereocenters. The molecule has 0 fully saturated rings. The zero-order chi connectivity index (χ0) is 14.6. The molecule has 0 bridgehead atoms. The van der Waals surface area contributed by atoms with Crippen molar-refractivity contribution in [1.29, 1.82) is 0 Å². The molecule has 106 valence electrons. The highest BCUT2D eigenvalue weighted by Gasteiger charge is 2.47. The third-order valence-corrected chi connectivity index (χ3v) is 25.1. The monoisotopic (exact) mass is 298 g/mol. The molecule has 0 N–H and O–H groups in total. The van der Waals surface area contributed by atoms with E-state index >= 15 is 0 Å². The fourth-order valence-corrected chi connectivity index (χ4v) is 18.5. The van der Waals surface area contributed by atoms with Crippen molar-refractivity contribution in [3.05, 3.63) is 60.7 Å². The van der Waals surface area contributed by atoms with E-state index < -0.39 is 15.2 Å². The molecule has 0 aliphatic carbocycles. The minimum Gasteiger partial charge on any atom is -0.0677 e. The van der Waals surface area contributed by atoms with Gasteiger partial charge in [-0.15, -0.1) is 0 Å². The van der Waals surface area contributed by atoms with Crippen molar-refractivity contribution in [2.24, 2.45) is 0 Å². The molecule has 0 heterocycles. The average molecular weight is 299 g/mol. The maximum absolute atomic E-state index is 2.62. The molecule has 0 saturated heterocycles. The molecule has 2 aromatic rings. The van der Waals surface area contributed by atoms with Gasteiger partial charge in [-0.05, 0) is 0 Å². The number of rotatable bonds is 5. The van der Waals surface area contributed by atoms with Gasteiger partial charge in [0.2, 0.25) is 0 Å². The lowest BCUT2D eigenvalue weighted by molar-refractivity contribution is 1.35. The Hall–Kier alpha value is -1.13. The van der Waals surface area contributed by atoms with Crippen LogP contribution in [-0.4, -0.2) is 15.2 Å². The number of hydrogen-bond donors (Lipinski definition) is 0. The Morgan fingerprint density at radius 2 is 0.900 bits per heavy atom. The predicted octanol–water partition coefficient (Wildman–Crippen LogP) is 4.08. The highest BCUT2D eigenvalue weighted by Crippen LogP contribution is 2.26. The second kappa shape index (κ2) is 6.10. The van der Waals surface area contributed by atoms with Gasteiger partial charge in [-0.25, -0.2) is 0 Å². The van der Waals surface area contributed by atoms with Crippen LogP contribution in [0.3, 0.4) is 0 Å². The van der Waals surface area contributed by atoms with Crippen LogP contribution in [0.25, 0.3) is 0 Å². The van der Waals surface area contributed by atoms with Crippen molar-refractivity contribution in [2.75, 3.05) is 0 Å². The first-order valence-electron chi connectivity index (χ1n) is 7.69. The van der Waals surface area contributed by atoms with Gasteiger partial charge in [-0.1, -0.05) is 110 Å². The van der Waals surface area contributed by atoms with Gasteiger partial charge >= 0.3 is 0 Å². The quantitative estimate of drug-likeness (QED) is 0.730. The summed E-state index contributed by atoms with van der Waals surface area (Å²) < 4.78 is 0. The maximum Gasteiger partial charge on any atom is 0.0821 e. The predicted molar refractivity (Wildman–Crippen MR) is 96.4 cm³/mol. The summed E-state index contributed by atoms with van der Waals surface area (Å²) >= 11 is 0. The molecule has 0 amide bonds. The number of hydrogen-bond acceptors (Lipinski definition) is 0. The van der Waals surface area contributed by atoms with E-state index in [-0.39, 0.29) is 0 Å². The molecule has 0 aliphatic heterocycles. The first-order valence-corrected chi connectivity index (χ1v) is 14.1. The van der Waals surface area contributed by atoms with E-state index in [2.05, 4.69) is 87.6 Å². The smallest absolute Gasteiger partial charge is 0.0677 e. The molecule has 2 rings (SSSR count). The Balaban J connectivity index is 2.58. The van der Waals surface area contributed by atoms with Gasteiger partial charge in [-0.3, -0.25) is 0 Å². The van der Waals surface area contributed by atoms with Crippen molar-refractivity contribution in [3.63, 3.8) is 0 Å². The molecule has 0 radical (unpaired) electrons. The molecule has 2 atom stereocenters. The molecule has 0 nitrogen and oxygen atoms in total. The Bertz CT molecular complexity index is 486. The fraction of sp³-hybridized carbons (Fsp3) is 0.333. The van der Waals surface area contributed by atoms with Crippen LogP contribution < -0.4 is 10.4 Å². The van der Waals surface area contributed by atoms with Crippen LogP contribution >= 0.6 is 0 Å². The normalized spacial score (nSPS) is 17.2. The van der Waals surface area contributed by atoms with Gasteiger partial charge in [0.05, 0.1) is 15.2 Å². The Kier molecular flexibility index (Phi) is 4.66. The van der Waals surface area contributed by atoms with Gasteiger partial charge in [0.15, 0.2) is 0 Å². The summed E-state index contributed by atoms with van der Waals surface area (Å²) in [6.07, 6.45) is 0. The second-order valence-electron chi connectivity index (χ2n) is 6.10. The molecule has 0 spiro atoms. The van der Waals surface area contributed by atoms with E-state index in [1.54, 1.807) is 10.4 Å². The minimum absolute atomic E-state index is 1.34. The van der Waals surface area contributed by atoms with Crippen molar-refractivity contribution < 1.29 is 0 Å². The van der Waals surface area contributed by atoms with Crippen molar-refractivity contribution in [3.8, 4) is 0 Å². The van der Waals surface area contributed by atoms with Crippen LogP contribution in [0.1, 0.15) is 13.8 Å². The van der Waals surface area contributed by atoms with Gasteiger partial charge in [0.25, 0.3) is 0 Å². The van der Waals surface area contributed by atoms with Gasteiger partial charge < -0.3 is 0 Å². The van der Waals surface area contributed by atoms with E-state index in [0.29, 0.717) is 0 Å². The van der Waals surface area contributed by atoms with Crippen LogP contribution in [0.5, 0.6) is 0 Å². The lowest BCUT2D eigenvalue weighted by atomic mass is 10.4. The van der Waals surface area contributed by atoms with E-state index in [4.69, 9.17) is 0 Å². The summed E-state index contributed by atoms with van der Waals surface area (Å²) in [5.41, 5.74) is 0. The van der Waals surface area contributed by atoms with Crippen molar-refractivity contribution >= 4 is 25.6 Å². The minimum atomic E-state index is -1.46. The Morgan fingerprint density at radius 3 is 1.15 bits per heavy atom. The molecule has 0 saturated carbocycles. The van der Waals surface area contributed by atoms with E-state index in [1.807, 2.05) is 0 Å². The maximum atomic E-state index is 2.62. The molecular weight excluding hydrogens is 272 g/mol. The molecule has 2 aromatic carbocycles. The molecular formula is C18H26Si2. The SMILES string of the molecule is CC[Si@@](C)(c1ccccc1)[Si@](C)(CC)c1ccccc1. The largest absolute Gasteiger partial charge is 0.0821 e. The highest BCUT2D eigenvalue weighted by molar-refractivity contribution is 7.50. The highest BCUT2D eigenvalue weighted by atomic mass is 29.3. The molecule has 0 aromatic heterocycles. The zero-order valence-electron chi connectivity index (χ0n) is 13.2. The van der Waals surface area contributed by atoms with Gasteiger partial charge in [-0.2, -0.15) is 0 Å². The van der Waals surface area contributed by atoms with Crippen LogP contribution in [0, 0.1) is 0 Å². The summed E-state index contributed by atoms with van der Waals surface area (Å²) in [6.45, 7) is 10.0. The molecule has 20 heavy (non-hydrogen) atoms.